The Hall–Kier alpha value is -3.74. The Morgan fingerprint density at radius 2 is 1.62 bits per heavy atom. The average Bonchev–Trinajstić information content (AvgIpc) is 3.08. The highest BCUT2D eigenvalue weighted by Gasteiger charge is 2.32. The van der Waals surface area contributed by atoms with Crippen molar-refractivity contribution in [1.29, 1.82) is 0 Å². The van der Waals surface area contributed by atoms with Crippen LogP contribution >= 0.6 is 0 Å². The van der Waals surface area contributed by atoms with Crippen LogP contribution in [0.3, 0.4) is 0 Å². The molecular formula is C25H21F3N2O2. The SMILES string of the molecule is Nc1ccc(C(F)(F)F)c(C=CCNC(=O)OCC2c3ccccc3-c3ccccc32)c1. The number of nitrogens with two attached hydrogens (primary N) is 1. The van der Waals surface area contributed by atoms with E-state index >= 15 is 0 Å². The molecule has 3 aromatic rings. The van der Waals surface area contributed by atoms with E-state index in [-0.39, 0.29) is 30.3 Å². The van der Waals surface area contributed by atoms with E-state index < -0.39 is 17.8 Å². The Morgan fingerprint density at radius 3 is 2.25 bits per heavy atom. The molecule has 0 unspecified atom stereocenters. The van der Waals surface area contributed by atoms with Gasteiger partial charge in [0.2, 0.25) is 0 Å². The minimum absolute atomic E-state index is 0.0166. The van der Waals surface area contributed by atoms with Crippen LogP contribution in [-0.4, -0.2) is 19.2 Å². The van der Waals surface area contributed by atoms with Crippen LogP contribution in [0.15, 0.2) is 72.8 Å². The number of benzene rings is 3. The number of carbonyl (C=O) groups is 1. The van der Waals surface area contributed by atoms with Crippen molar-refractivity contribution < 1.29 is 22.7 Å². The molecule has 164 valence electrons. The van der Waals surface area contributed by atoms with Gasteiger partial charge >= 0.3 is 12.3 Å². The number of nitrogen functional groups attached to an aromatic ring is 1. The first kappa shape index (κ1) is 21.5. The van der Waals surface area contributed by atoms with E-state index in [1.54, 1.807) is 0 Å². The maximum atomic E-state index is 13.1. The van der Waals surface area contributed by atoms with Crippen LogP contribution in [0.4, 0.5) is 23.7 Å². The van der Waals surface area contributed by atoms with Crippen molar-refractivity contribution in [2.75, 3.05) is 18.9 Å². The van der Waals surface area contributed by atoms with E-state index in [9.17, 15) is 18.0 Å². The maximum absolute atomic E-state index is 13.1. The Bertz CT molecular complexity index is 1130. The molecule has 3 N–H and O–H groups in total. The van der Waals surface area contributed by atoms with Crippen LogP contribution in [0.1, 0.15) is 28.2 Å². The van der Waals surface area contributed by atoms with E-state index in [2.05, 4.69) is 5.32 Å². The molecule has 1 aliphatic carbocycles. The monoisotopic (exact) mass is 438 g/mol. The lowest BCUT2D eigenvalue weighted by Crippen LogP contribution is -2.26. The number of fused-ring (bicyclic) bond motifs is 3. The van der Waals surface area contributed by atoms with Crippen LogP contribution in [0.2, 0.25) is 0 Å². The molecular weight excluding hydrogens is 417 g/mol. The molecule has 0 radical (unpaired) electrons. The standard InChI is InChI=1S/C25H21F3N2O2/c26-25(27,28)23-12-11-17(29)14-16(23)6-5-13-30-24(31)32-15-22-20-9-3-1-7-18(20)19-8-2-4-10-21(19)22/h1-12,14,22H,13,15,29H2,(H,30,31). The summed E-state index contributed by atoms with van der Waals surface area (Å²) in [4.78, 5) is 12.1. The lowest BCUT2D eigenvalue weighted by atomic mass is 9.98. The summed E-state index contributed by atoms with van der Waals surface area (Å²) in [5.74, 6) is -0.0645. The second-order valence-corrected chi connectivity index (χ2v) is 7.45. The van der Waals surface area contributed by atoms with Gasteiger partial charge in [0.05, 0.1) is 5.56 Å². The summed E-state index contributed by atoms with van der Waals surface area (Å²) >= 11 is 0. The first-order valence-electron chi connectivity index (χ1n) is 10.1. The van der Waals surface area contributed by atoms with E-state index in [1.807, 2.05) is 48.5 Å². The number of rotatable bonds is 5. The Kier molecular flexibility index (Phi) is 5.90. The number of halogens is 3. The molecule has 0 aromatic heterocycles. The van der Waals surface area contributed by atoms with E-state index in [1.165, 1.54) is 24.3 Å². The molecule has 0 fully saturated rings. The highest BCUT2D eigenvalue weighted by atomic mass is 19.4. The molecule has 1 amide bonds. The summed E-state index contributed by atoms with van der Waals surface area (Å²) < 4.78 is 44.7. The summed E-state index contributed by atoms with van der Waals surface area (Å²) in [6.45, 7) is 0.180. The van der Waals surface area contributed by atoms with E-state index in [0.29, 0.717) is 0 Å². The van der Waals surface area contributed by atoms with Crippen LogP contribution < -0.4 is 11.1 Å². The third kappa shape index (κ3) is 4.46. The number of carbonyl (C=O) groups excluding carboxylic acids is 1. The molecule has 0 heterocycles. The zero-order valence-electron chi connectivity index (χ0n) is 17.0. The van der Waals surface area contributed by atoms with Gasteiger partial charge in [-0.2, -0.15) is 13.2 Å². The summed E-state index contributed by atoms with van der Waals surface area (Å²) in [5, 5.41) is 2.54. The van der Waals surface area contributed by atoms with Gasteiger partial charge in [-0.25, -0.2) is 4.79 Å². The van der Waals surface area contributed by atoms with Gasteiger partial charge in [-0.15, -0.1) is 0 Å². The van der Waals surface area contributed by atoms with Gasteiger partial charge in [0.15, 0.2) is 0 Å². The maximum Gasteiger partial charge on any atom is 0.416 e. The highest BCUT2D eigenvalue weighted by molar-refractivity contribution is 5.79. The van der Waals surface area contributed by atoms with Gasteiger partial charge < -0.3 is 15.8 Å². The summed E-state index contributed by atoms with van der Waals surface area (Å²) in [5.41, 5.74) is 9.43. The number of ether oxygens (including phenoxy) is 1. The predicted octanol–water partition coefficient (Wildman–Crippen LogP) is 5.84. The molecule has 0 spiro atoms. The van der Waals surface area contributed by atoms with Crippen molar-refractivity contribution in [1.82, 2.24) is 5.32 Å². The number of hydrogen-bond acceptors (Lipinski definition) is 3. The second-order valence-electron chi connectivity index (χ2n) is 7.45. The highest BCUT2D eigenvalue weighted by Crippen LogP contribution is 2.44. The molecule has 4 rings (SSSR count). The quantitative estimate of drug-likeness (QED) is 0.492. The third-order valence-corrected chi connectivity index (χ3v) is 5.39. The van der Waals surface area contributed by atoms with Crippen LogP contribution in [-0.2, 0) is 10.9 Å². The molecule has 0 saturated carbocycles. The van der Waals surface area contributed by atoms with Gasteiger partial charge in [0.1, 0.15) is 6.61 Å². The van der Waals surface area contributed by atoms with E-state index in [4.69, 9.17) is 10.5 Å². The molecule has 0 aliphatic heterocycles. The zero-order valence-corrected chi connectivity index (χ0v) is 17.0. The molecule has 7 heteroatoms. The number of hydrogen-bond donors (Lipinski definition) is 2. The fraction of sp³-hybridized carbons (Fsp3) is 0.160. The van der Waals surface area contributed by atoms with Crippen LogP contribution in [0.25, 0.3) is 17.2 Å². The van der Waals surface area contributed by atoms with Gasteiger partial charge in [-0.05, 0) is 46.0 Å². The fourth-order valence-corrected chi connectivity index (χ4v) is 3.95. The lowest BCUT2D eigenvalue weighted by molar-refractivity contribution is -0.137. The van der Waals surface area contributed by atoms with Crippen LogP contribution in [0.5, 0.6) is 0 Å². The molecule has 32 heavy (non-hydrogen) atoms. The zero-order chi connectivity index (χ0) is 22.7. The van der Waals surface area contributed by atoms with Crippen LogP contribution in [0, 0.1) is 0 Å². The molecule has 4 nitrogen and oxygen atoms in total. The second kappa shape index (κ2) is 8.78. The fourth-order valence-electron chi connectivity index (χ4n) is 3.95. The Morgan fingerprint density at radius 1 is 1.00 bits per heavy atom. The van der Waals surface area contributed by atoms with Crippen molar-refractivity contribution >= 4 is 17.9 Å². The molecule has 1 aliphatic rings. The molecule has 3 aromatic carbocycles. The smallest absolute Gasteiger partial charge is 0.416 e. The Labute approximate surface area is 183 Å². The largest absolute Gasteiger partial charge is 0.449 e. The van der Waals surface area contributed by atoms with Crippen molar-refractivity contribution in [3.63, 3.8) is 0 Å². The third-order valence-electron chi connectivity index (χ3n) is 5.39. The van der Waals surface area contributed by atoms with Crippen molar-refractivity contribution in [2.24, 2.45) is 0 Å². The molecule has 0 saturated heterocycles. The van der Waals surface area contributed by atoms with Gasteiger partial charge in [-0.1, -0.05) is 60.7 Å². The summed E-state index contributed by atoms with van der Waals surface area (Å²) in [7, 11) is 0. The van der Waals surface area contributed by atoms with E-state index in [0.717, 1.165) is 28.3 Å². The van der Waals surface area contributed by atoms with Gasteiger partial charge in [0, 0.05) is 18.2 Å². The molecule has 0 atom stereocenters. The lowest BCUT2D eigenvalue weighted by Gasteiger charge is -2.14. The molecule has 0 bridgehead atoms. The number of alkyl halides is 3. The van der Waals surface area contributed by atoms with Gasteiger partial charge in [0.25, 0.3) is 0 Å². The topological polar surface area (TPSA) is 64.3 Å². The predicted molar refractivity (Wildman–Crippen MR) is 118 cm³/mol. The minimum Gasteiger partial charge on any atom is -0.449 e. The summed E-state index contributed by atoms with van der Waals surface area (Å²) in [6, 6.07) is 19.4. The first-order valence-corrected chi connectivity index (χ1v) is 10.1. The number of nitrogens with one attached hydrogen (secondary N) is 1. The van der Waals surface area contributed by atoms with Crippen molar-refractivity contribution in [2.45, 2.75) is 12.1 Å². The number of alkyl carbamates (subject to hydrolysis) is 1. The van der Waals surface area contributed by atoms with Crippen molar-refractivity contribution in [3.05, 3.63) is 95.1 Å². The number of anilines is 1. The van der Waals surface area contributed by atoms with Gasteiger partial charge in [-0.3, -0.25) is 0 Å². The number of amides is 1. The summed E-state index contributed by atoms with van der Waals surface area (Å²) in [6.07, 6.45) is -2.43. The Balaban J connectivity index is 1.36. The average molecular weight is 438 g/mol. The van der Waals surface area contributed by atoms with Crippen molar-refractivity contribution in [3.8, 4) is 11.1 Å². The normalized spacial score (nSPS) is 13.1. The first-order chi connectivity index (χ1) is 15.3. The minimum atomic E-state index is -4.49.